The summed E-state index contributed by atoms with van der Waals surface area (Å²) < 4.78 is 15.9. The molecule has 1 aliphatic heterocycles. The molecule has 2 rings (SSSR count). The van der Waals surface area contributed by atoms with Gasteiger partial charge >= 0.3 is 5.97 Å². The number of carbonyl (C=O) groups excluding carboxylic acids is 1. The number of morpholine rings is 1. The number of benzene rings is 1. The maximum absolute atomic E-state index is 12.7. The van der Waals surface area contributed by atoms with Crippen LogP contribution in [-0.4, -0.2) is 61.4 Å². The SMILES string of the molecule is COc1ccc(CC(C)C(=O)N2CC(C(=O)O)O[C@H](C)C2)cc1OC. The molecule has 1 aromatic rings. The van der Waals surface area contributed by atoms with Gasteiger partial charge in [0.1, 0.15) is 0 Å². The van der Waals surface area contributed by atoms with E-state index in [1.54, 1.807) is 26.0 Å². The zero-order valence-corrected chi connectivity index (χ0v) is 15.0. The Kier molecular flexibility index (Phi) is 6.25. The van der Waals surface area contributed by atoms with E-state index in [0.29, 0.717) is 24.5 Å². The summed E-state index contributed by atoms with van der Waals surface area (Å²) in [5.41, 5.74) is 0.953. The summed E-state index contributed by atoms with van der Waals surface area (Å²) >= 11 is 0. The number of carboxylic acids is 1. The molecule has 0 radical (unpaired) electrons. The Morgan fingerprint density at radius 1 is 1.28 bits per heavy atom. The molecule has 1 saturated heterocycles. The predicted molar refractivity (Wildman–Crippen MR) is 91.0 cm³/mol. The summed E-state index contributed by atoms with van der Waals surface area (Å²) in [6.45, 7) is 4.09. The van der Waals surface area contributed by atoms with Gasteiger partial charge in [-0.2, -0.15) is 0 Å². The molecule has 1 heterocycles. The van der Waals surface area contributed by atoms with Crippen LogP contribution in [0, 0.1) is 5.92 Å². The molecule has 0 bridgehead atoms. The van der Waals surface area contributed by atoms with E-state index in [4.69, 9.17) is 19.3 Å². The van der Waals surface area contributed by atoms with Gasteiger partial charge < -0.3 is 24.2 Å². The molecule has 3 atom stereocenters. The van der Waals surface area contributed by atoms with Gasteiger partial charge in [-0.3, -0.25) is 4.79 Å². The molecule has 0 saturated carbocycles. The second-order valence-electron chi connectivity index (χ2n) is 6.31. The molecular formula is C18H25NO6. The fourth-order valence-corrected chi connectivity index (χ4v) is 3.03. The van der Waals surface area contributed by atoms with Crippen molar-refractivity contribution in [2.75, 3.05) is 27.3 Å². The van der Waals surface area contributed by atoms with E-state index in [1.807, 2.05) is 25.1 Å². The smallest absolute Gasteiger partial charge is 0.334 e. The lowest BCUT2D eigenvalue weighted by molar-refractivity contribution is -0.167. The molecule has 1 N–H and O–H groups in total. The summed E-state index contributed by atoms with van der Waals surface area (Å²) in [6.07, 6.45) is -0.740. The van der Waals surface area contributed by atoms with E-state index in [9.17, 15) is 9.59 Å². The third kappa shape index (κ3) is 4.63. The van der Waals surface area contributed by atoms with Crippen LogP contribution in [-0.2, 0) is 20.7 Å². The number of hydrogen-bond donors (Lipinski definition) is 1. The number of carbonyl (C=O) groups is 2. The molecule has 25 heavy (non-hydrogen) atoms. The minimum atomic E-state index is -1.04. The molecule has 1 amide bonds. The molecule has 1 aliphatic rings. The van der Waals surface area contributed by atoms with Gasteiger partial charge in [0.05, 0.1) is 26.9 Å². The number of carboxylic acid groups (broad SMARTS) is 1. The largest absolute Gasteiger partial charge is 0.493 e. The van der Waals surface area contributed by atoms with Crippen LogP contribution in [0.5, 0.6) is 11.5 Å². The van der Waals surface area contributed by atoms with Gasteiger partial charge in [-0.25, -0.2) is 4.79 Å². The van der Waals surface area contributed by atoms with Gasteiger partial charge in [-0.05, 0) is 31.0 Å². The van der Waals surface area contributed by atoms with Gasteiger partial charge in [0, 0.05) is 12.5 Å². The fraction of sp³-hybridized carbons (Fsp3) is 0.556. The highest BCUT2D eigenvalue weighted by Gasteiger charge is 2.34. The van der Waals surface area contributed by atoms with Crippen molar-refractivity contribution in [3.05, 3.63) is 23.8 Å². The molecule has 0 spiro atoms. The van der Waals surface area contributed by atoms with E-state index >= 15 is 0 Å². The first-order valence-electron chi connectivity index (χ1n) is 8.23. The second kappa shape index (κ2) is 8.20. The van der Waals surface area contributed by atoms with Crippen LogP contribution >= 0.6 is 0 Å². The maximum atomic E-state index is 12.7. The summed E-state index contributed by atoms with van der Waals surface area (Å²) in [6, 6.07) is 5.56. The first kappa shape index (κ1) is 19.1. The molecule has 138 valence electrons. The Morgan fingerprint density at radius 3 is 2.56 bits per heavy atom. The molecular weight excluding hydrogens is 326 g/mol. The number of hydrogen-bond acceptors (Lipinski definition) is 5. The van der Waals surface area contributed by atoms with Gasteiger partial charge in [0.2, 0.25) is 5.91 Å². The number of rotatable bonds is 6. The van der Waals surface area contributed by atoms with E-state index in [2.05, 4.69) is 0 Å². The van der Waals surface area contributed by atoms with Crippen LogP contribution in [0.25, 0.3) is 0 Å². The zero-order chi connectivity index (χ0) is 18.6. The Labute approximate surface area is 147 Å². The topological polar surface area (TPSA) is 85.3 Å². The van der Waals surface area contributed by atoms with Crippen LogP contribution in [0.1, 0.15) is 19.4 Å². The number of nitrogens with zero attached hydrogens (tertiary/aromatic N) is 1. The average molecular weight is 351 g/mol. The average Bonchev–Trinajstić information content (AvgIpc) is 2.60. The van der Waals surface area contributed by atoms with Crippen molar-refractivity contribution in [3.63, 3.8) is 0 Å². The lowest BCUT2D eigenvalue weighted by Gasteiger charge is -2.36. The molecule has 7 nitrogen and oxygen atoms in total. The third-order valence-electron chi connectivity index (χ3n) is 4.26. The van der Waals surface area contributed by atoms with Crippen LogP contribution < -0.4 is 9.47 Å². The number of ether oxygens (including phenoxy) is 3. The highest BCUT2D eigenvalue weighted by Crippen LogP contribution is 2.28. The van der Waals surface area contributed by atoms with Crippen molar-refractivity contribution in [1.82, 2.24) is 4.90 Å². The number of methoxy groups -OCH3 is 2. The van der Waals surface area contributed by atoms with Crippen LogP contribution in [0.2, 0.25) is 0 Å². The fourth-order valence-electron chi connectivity index (χ4n) is 3.03. The lowest BCUT2D eigenvalue weighted by Crippen LogP contribution is -2.53. The molecule has 1 fully saturated rings. The van der Waals surface area contributed by atoms with Gasteiger partial charge in [-0.15, -0.1) is 0 Å². The first-order valence-corrected chi connectivity index (χ1v) is 8.23. The maximum Gasteiger partial charge on any atom is 0.334 e. The molecule has 1 aromatic carbocycles. The summed E-state index contributed by atoms with van der Waals surface area (Å²) in [4.78, 5) is 25.5. The number of amides is 1. The highest BCUT2D eigenvalue weighted by atomic mass is 16.5. The Bertz CT molecular complexity index is 632. The second-order valence-corrected chi connectivity index (χ2v) is 6.31. The summed E-state index contributed by atoms with van der Waals surface area (Å²) in [5, 5.41) is 9.15. The Balaban J connectivity index is 2.05. The van der Waals surface area contributed by atoms with Crippen molar-refractivity contribution in [3.8, 4) is 11.5 Å². The minimum absolute atomic E-state index is 0.0730. The van der Waals surface area contributed by atoms with E-state index < -0.39 is 12.1 Å². The highest BCUT2D eigenvalue weighted by molar-refractivity contribution is 5.80. The molecule has 0 aromatic heterocycles. The molecule has 2 unspecified atom stereocenters. The lowest BCUT2D eigenvalue weighted by atomic mass is 9.98. The first-order chi connectivity index (χ1) is 11.8. The van der Waals surface area contributed by atoms with Crippen LogP contribution in [0.15, 0.2) is 18.2 Å². The van der Waals surface area contributed by atoms with Crippen molar-refractivity contribution < 1.29 is 28.9 Å². The van der Waals surface area contributed by atoms with Crippen molar-refractivity contribution in [2.45, 2.75) is 32.5 Å². The van der Waals surface area contributed by atoms with Gasteiger partial charge in [-0.1, -0.05) is 13.0 Å². The minimum Gasteiger partial charge on any atom is -0.493 e. The molecule has 0 aliphatic carbocycles. The van der Waals surface area contributed by atoms with E-state index in [-0.39, 0.29) is 24.5 Å². The third-order valence-corrected chi connectivity index (χ3v) is 4.26. The van der Waals surface area contributed by atoms with Crippen molar-refractivity contribution in [1.29, 1.82) is 0 Å². The van der Waals surface area contributed by atoms with Gasteiger partial charge in [0.15, 0.2) is 17.6 Å². The summed E-state index contributed by atoms with van der Waals surface area (Å²) in [7, 11) is 3.14. The zero-order valence-electron chi connectivity index (χ0n) is 15.0. The van der Waals surface area contributed by atoms with Crippen molar-refractivity contribution in [2.24, 2.45) is 5.92 Å². The van der Waals surface area contributed by atoms with E-state index in [1.165, 1.54) is 0 Å². The van der Waals surface area contributed by atoms with Crippen molar-refractivity contribution >= 4 is 11.9 Å². The Morgan fingerprint density at radius 2 is 1.96 bits per heavy atom. The predicted octanol–water partition coefficient (Wildman–Crippen LogP) is 1.58. The normalized spacial score (nSPS) is 21.5. The number of aliphatic carboxylic acids is 1. The quantitative estimate of drug-likeness (QED) is 0.838. The monoisotopic (exact) mass is 351 g/mol. The standard InChI is InChI=1S/C18H25NO6/c1-11(7-13-5-6-14(23-3)15(8-13)24-4)17(20)19-9-12(2)25-16(10-19)18(21)22/h5-6,8,11-12,16H,7,9-10H2,1-4H3,(H,21,22)/t11?,12-,16?/m1/s1. The summed E-state index contributed by atoms with van der Waals surface area (Å²) in [5.74, 6) is -0.145. The molecule has 7 heteroatoms. The van der Waals surface area contributed by atoms with Gasteiger partial charge in [0.25, 0.3) is 0 Å². The van der Waals surface area contributed by atoms with Crippen LogP contribution in [0.3, 0.4) is 0 Å². The van der Waals surface area contributed by atoms with E-state index in [0.717, 1.165) is 5.56 Å². The Hall–Kier alpha value is -2.28. The van der Waals surface area contributed by atoms with Crippen LogP contribution in [0.4, 0.5) is 0 Å².